The monoisotopic (exact) mass is 372 g/mol. The average molecular weight is 372 g/mol. The van der Waals surface area contributed by atoms with E-state index in [-0.39, 0.29) is 23.5 Å². The maximum atomic E-state index is 13.2. The molecule has 27 heavy (non-hydrogen) atoms. The van der Waals surface area contributed by atoms with E-state index in [1.165, 1.54) is 12.1 Å². The molecule has 0 unspecified atom stereocenters. The Labute approximate surface area is 158 Å². The first kappa shape index (κ1) is 19.1. The van der Waals surface area contributed by atoms with Gasteiger partial charge in [-0.25, -0.2) is 9.07 Å². The lowest BCUT2D eigenvalue weighted by molar-refractivity contribution is -0.128. The van der Waals surface area contributed by atoms with Crippen LogP contribution in [0.3, 0.4) is 0 Å². The minimum atomic E-state index is -0.312. The molecule has 2 amide bonds. The maximum absolute atomic E-state index is 13.2. The lowest BCUT2D eigenvalue weighted by atomic mass is 10.0. The summed E-state index contributed by atoms with van der Waals surface area (Å²) in [4.78, 5) is 28.3. The number of nitrogens with zero attached hydrogens (tertiary/aromatic N) is 4. The molecule has 0 bridgehead atoms. The molecule has 1 aromatic carbocycles. The number of aromatic nitrogens is 2. The molecule has 7 heteroatoms. The summed E-state index contributed by atoms with van der Waals surface area (Å²) >= 11 is 0. The summed E-state index contributed by atoms with van der Waals surface area (Å²) < 4.78 is 15.0. The highest BCUT2D eigenvalue weighted by Crippen LogP contribution is 2.25. The van der Waals surface area contributed by atoms with Gasteiger partial charge in [0.15, 0.2) is 0 Å². The Kier molecular flexibility index (Phi) is 5.58. The standard InChI is InChI=1S/C20H25FN4O2/c1-14(2)19-18(13-22-25(19)17-7-5-16(21)6-8-17)20(27)24-10-4-9-23(11-12-24)15(3)26/h5-8,13-14H,4,9-12H2,1-3H3. The third-order valence-corrected chi connectivity index (χ3v) is 4.88. The van der Waals surface area contributed by atoms with Gasteiger partial charge in [-0.3, -0.25) is 9.59 Å². The zero-order chi connectivity index (χ0) is 19.6. The first-order valence-electron chi connectivity index (χ1n) is 9.27. The molecule has 1 aliphatic rings. The van der Waals surface area contributed by atoms with Crippen molar-refractivity contribution in [3.8, 4) is 5.69 Å². The van der Waals surface area contributed by atoms with Crippen LogP contribution in [0.1, 0.15) is 49.2 Å². The molecule has 144 valence electrons. The van der Waals surface area contributed by atoms with E-state index in [1.54, 1.807) is 39.7 Å². The molecule has 0 spiro atoms. The van der Waals surface area contributed by atoms with Crippen LogP contribution in [0.25, 0.3) is 5.69 Å². The summed E-state index contributed by atoms with van der Waals surface area (Å²) in [5.41, 5.74) is 2.09. The van der Waals surface area contributed by atoms with Crippen LogP contribution in [0.5, 0.6) is 0 Å². The highest BCUT2D eigenvalue weighted by atomic mass is 19.1. The second kappa shape index (κ2) is 7.90. The number of carbonyl (C=O) groups is 2. The summed E-state index contributed by atoms with van der Waals surface area (Å²) in [6.07, 6.45) is 2.35. The molecule has 6 nitrogen and oxygen atoms in total. The van der Waals surface area contributed by atoms with Crippen LogP contribution in [0.15, 0.2) is 30.5 Å². The number of hydrogen-bond acceptors (Lipinski definition) is 3. The van der Waals surface area contributed by atoms with Gasteiger partial charge in [-0.05, 0) is 36.6 Å². The van der Waals surface area contributed by atoms with Crippen molar-refractivity contribution in [2.75, 3.05) is 26.2 Å². The van der Waals surface area contributed by atoms with Crippen molar-refractivity contribution in [3.05, 3.63) is 47.5 Å². The highest BCUT2D eigenvalue weighted by molar-refractivity contribution is 5.95. The Balaban J connectivity index is 1.89. The van der Waals surface area contributed by atoms with Gasteiger partial charge in [0.1, 0.15) is 5.82 Å². The van der Waals surface area contributed by atoms with Crippen LogP contribution in [0.2, 0.25) is 0 Å². The molecular weight excluding hydrogens is 347 g/mol. The molecule has 3 rings (SSSR count). The Morgan fingerprint density at radius 2 is 1.67 bits per heavy atom. The maximum Gasteiger partial charge on any atom is 0.257 e. The van der Waals surface area contributed by atoms with Crippen molar-refractivity contribution < 1.29 is 14.0 Å². The van der Waals surface area contributed by atoms with Gasteiger partial charge in [-0.15, -0.1) is 0 Å². The Morgan fingerprint density at radius 1 is 1.04 bits per heavy atom. The van der Waals surface area contributed by atoms with Gasteiger partial charge in [0.05, 0.1) is 23.1 Å². The Hall–Kier alpha value is -2.70. The summed E-state index contributed by atoms with van der Waals surface area (Å²) in [7, 11) is 0. The van der Waals surface area contributed by atoms with E-state index in [1.807, 2.05) is 13.8 Å². The molecule has 1 saturated heterocycles. The quantitative estimate of drug-likeness (QED) is 0.832. The fraction of sp³-hybridized carbons (Fsp3) is 0.450. The number of benzene rings is 1. The van der Waals surface area contributed by atoms with Gasteiger partial charge < -0.3 is 9.80 Å². The topological polar surface area (TPSA) is 58.4 Å². The summed E-state index contributed by atoms with van der Waals surface area (Å²) in [5, 5.41) is 4.40. The Morgan fingerprint density at radius 3 is 2.30 bits per heavy atom. The smallest absolute Gasteiger partial charge is 0.257 e. The van der Waals surface area contributed by atoms with Crippen molar-refractivity contribution in [2.24, 2.45) is 0 Å². The number of halogens is 1. The van der Waals surface area contributed by atoms with Crippen LogP contribution in [0.4, 0.5) is 4.39 Å². The number of carbonyl (C=O) groups excluding carboxylic acids is 2. The van der Waals surface area contributed by atoms with Gasteiger partial charge in [-0.2, -0.15) is 5.10 Å². The molecule has 2 aromatic rings. The first-order chi connectivity index (χ1) is 12.9. The van der Waals surface area contributed by atoms with Gasteiger partial charge in [0.25, 0.3) is 5.91 Å². The average Bonchev–Trinajstić information content (AvgIpc) is 2.92. The minimum Gasteiger partial charge on any atom is -0.341 e. The molecule has 0 radical (unpaired) electrons. The SMILES string of the molecule is CC(=O)N1CCCN(C(=O)c2cnn(-c3ccc(F)cc3)c2C(C)C)CC1. The van der Waals surface area contributed by atoms with Gasteiger partial charge >= 0.3 is 0 Å². The fourth-order valence-corrected chi connectivity index (χ4v) is 3.47. The summed E-state index contributed by atoms with van der Waals surface area (Å²) in [5.74, 6) is -0.279. The van der Waals surface area contributed by atoms with Gasteiger partial charge in [0.2, 0.25) is 5.91 Å². The van der Waals surface area contributed by atoms with E-state index in [2.05, 4.69) is 5.10 Å². The Bertz CT molecular complexity index is 829. The third-order valence-electron chi connectivity index (χ3n) is 4.88. The predicted molar refractivity (Wildman–Crippen MR) is 100 cm³/mol. The zero-order valence-corrected chi connectivity index (χ0v) is 16.0. The number of hydrogen-bond donors (Lipinski definition) is 0. The van der Waals surface area contributed by atoms with Crippen LogP contribution >= 0.6 is 0 Å². The molecule has 1 fully saturated rings. The van der Waals surface area contributed by atoms with E-state index in [9.17, 15) is 14.0 Å². The highest BCUT2D eigenvalue weighted by Gasteiger charge is 2.27. The first-order valence-corrected chi connectivity index (χ1v) is 9.27. The summed E-state index contributed by atoms with van der Waals surface area (Å²) in [6, 6.07) is 6.07. The molecule has 0 saturated carbocycles. The molecule has 1 aliphatic heterocycles. The molecular formula is C20H25FN4O2. The normalized spacial score (nSPS) is 15.1. The van der Waals surface area contributed by atoms with E-state index >= 15 is 0 Å². The molecule has 2 heterocycles. The second-order valence-electron chi connectivity index (χ2n) is 7.14. The second-order valence-corrected chi connectivity index (χ2v) is 7.14. The van der Waals surface area contributed by atoms with Crippen LogP contribution in [-0.4, -0.2) is 57.6 Å². The number of amides is 2. The van der Waals surface area contributed by atoms with Crippen LogP contribution in [0, 0.1) is 5.82 Å². The fourth-order valence-electron chi connectivity index (χ4n) is 3.47. The van der Waals surface area contributed by atoms with E-state index in [0.29, 0.717) is 31.7 Å². The molecule has 0 N–H and O–H groups in total. The van der Waals surface area contributed by atoms with Crippen LogP contribution in [-0.2, 0) is 4.79 Å². The van der Waals surface area contributed by atoms with E-state index in [0.717, 1.165) is 17.8 Å². The summed E-state index contributed by atoms with van der Waals surface area (Å²) in [6.45, 7) is 7.91. The van der Waals surface area contributed by atoms with E-state index < -0.39 is 0 Å². The lowest BCUT2D eigenvalue weighted by Gasteiger charge is -2.22. The van der Waals surface area contributed by atoms with Crippen molar-refractivity contribution in [2.45, 2.75) is 33.1 Å². The molecule has 0 atom stereocenters. The largest absolute Gasteiger partial charge is 0.341 e. The molecule has 0 aliphatic carbocycles. The van der Waals surface area contributed by atoms with Crippen molar-refractivity contribution in [1.29, 1.82) is 0 Å². The molecule has 1 aromatic heterocycles. The van der Waals surface area contributed by atoms with Crippen molar-refractivity contribution >= 4 is 11.8 Å². The predicted octanol–water partition coefficient (Wildman–Crippen LogP) is 2.83. The minimum absolute atomic E-state index is 0.0382. The van der Waals surface area contributed by atoms with Gasteiger partial charge in [-0.1, -0.05) is 13.8 Å². The van der Waals surface area contributed by atoms with Crippen LogP contribution < -0.4 is 0 Å². The number of rotatable bonds is 3. The van der Waals surface area contributed by atoms with Crippen molar-refractivity contribution in [3.63, 3.8) is 0 Å². The lowest BCUT2D eigenvalue weighted by Crippen LogP contribution is -2.36. The van der Waals surface area contributed by atoms with Gasteiger partial charge in [0, 0.05) is 33.1 Å². The third kappa shape index (κ3) is 4.02. The van der Waals surface area contributed by atoms with E-state index in [4.69, 9.17) is 0 Å². The van der Waals surface area contributed by atoms with Crippen molar-refractivity contribution in [1.82, 2.24) is 19.6 Å². The zero-order valence-electron chi connectivity index (χ0n) is 16.0.